The number of hydrogen-bond donors (Lipinski definition) is 2. The minimum Gasteiger partial charge on any atom is -0.378 e. The van der Waals surface area contributed by atoms with Gasteiger partial charge in [0.25, 0.3) is 5.91 Å². The standard InChI is InChI=1S/C14H15ClN6O2/c15-12-18-13(16)20-14(19-12)17-10-3-1-9(2-4-10)11(22)21-5-7-23-8-6-21/h1-4H,5-8H2,(H3,16,17,18,19,20). The summed E-state index contributed by atoms with van der Waals surface area (Å²) < 4.78 is 5.25. The van der Waals surface area contributed by atoms with Crippen molar-refractivity contribution in [3.63, 3.8) is 0 Å². The van der Waals surface area contributed by atoms with Crippen molar-refractivity contribution in [1.82, 2.24) is 19.9 Å². The second kappa shape index (κ2) is 6.76. The summed E-state index contributed by atoms with van der Waals surface area (Å²) in [6, 6.07) is 7.02. The molecule has 1 aromatic carbocycles. The Kier molecular flexibility index (Phi) is 4.54. The number of rotatable bonds is 3. The first-order valence-corrected chi connectivity index (χ1v) is 7.41. The van der Waals surface area contributed by atoms with Crippen LogP contribution in [0.25, 0.3) is 0 Å². The van der Waals surface area contributed by atoms with Crippen molar-refractivity contribution in [1.29, 1.82) is 0 Å². The van der Waals surface area contributed by atoms with Gasteiger partial charge in [0.05, 0.1) is 13.2 Å². The third kappa shape index (κ3) is 3.85. The molecule has 0 atom stereocenters. The molecule has 3 rings (SSSR count). The van der Waals surface area contributed by atoms with Crippen LogP contribution in [0.4, 0.5) is 17.6 Å². The molecule has 8 nitrogen and oxygen atoms in total. The molecule has 9 heteroatoms. The van der Waals surface area contributed by atoms with Gasteiger partial charge in [-0.25, -0.2) is 0 Å². The molecular weight excluding hydrogens is 320 g/mol. The van der Waals surface area contributed by atoms with Crippen LogP contribution in [0, 0.1) is 0 Å². The van der Waals surface area contributed by atoms with E-state index >= 15 is 0 Å². The molecule has 1 aliphatic rings. The molecule has 0 spiro atoms. The first-order valence-electron chi connectivity index (χ1n) is 7.03. The predicted octanol–water partition coefficient (Wildman–Crippen LogP) is 1.32. The summed E-state index contributed by atoms with van der Waals surface area (Å²) in [7, 11) is 0. The number of carbonyl (C=O) groups excluding carboxylic acids is 1. The van der Waals surface area contributed by atoms with E-state index < -0.39 is 0 Å². The van der Waals surface area contributed by atoms with Gasteiger partial charge in [-0.05, 0) is 35.9 Å². The zero-order valence-electron chi connectivity index (χ0n) is 12.2. The molecule has 2 heterocycles. The molecule has 3 N–H and O–H groups in total. The number of amides is 1. The van der Waals surface area contributed by atoms with Crippen LogP contribution in [-0.2, 0) is 4.74 Å². The quantitative estimate of drug-likeness (QED) is 0.871. The molecule has 1 saturated heterocycles. The highest BCUT2D eigenvalue weighted by atomic mass is 35.5. The number of morpholine rings is 1. The molecule has 1 aromatic heterocycles. The van der Waals surface area contributed by atoms with E-state index in [0.717, 1.165) is 0 Å². The second-order valence-electron chi connectivity index (χ2n) is 4.89. The Morgan fingerprint density at radius 2 is 1.87 bits per heavy atom. The average Bonchev–Trinajstić information content (AvgIpc) is 2.55. The maximum Gasteiger partial charge on any atom is 0.254 e. The van der Waals surface area contributed by atoms with E-state index in [1.54, 1.807) is 29.2 Å². The third-order valence-corrected chi connectivity index (χ3v) is 3.48. The lowest BCUT2D eigenvalue weighted by atomic mass is 10.1. The number of hydrogen-bond acceptors (Lipinski definition) is 7. The predicted molar refractivity (Wildman–Crippen MR) is 85.7 cm³/mol. The van der Waals surface area contributed by atoms with Gasteiger partial charge < -0.3 is 20.7 Å². The largest absolute Gasteiger partial charge is 0.378 e. The number of ether oxygens (including phenoxy) is 1. The van der Waals surface area contributed by atoms with Crippen LogP contribution in [0.3, 0.4) is 0 Å². The Morgan fingerprint density at radius 1 is 1.17 bits per heavy atom. The van der Waals surface area contributed by atoms with E-state index in [9.17, 15) is 4.79 Å². The Balaban J connectivity index is 1.70. The highest BCUT2D eigenvalue weighted by Gasteiger charge is 2.18. The lowest BCUT2D eigenvalue weighted by molar-refractivity contribution is 0.0303. The number of carbonyl (C=O) groups is 1. The Hall–Kier alpha value is -2.45. The van der Waals surface area contributed by atoms with Crippen LogP contribution < -0.4 is 11.1 Å². The van der Waals surface area contributed by atoms with Gasteiger partial charge >= 0.3 is 0 Å². The van der Waals surface area contributed by atoms with Crippen LogP contribution in [0.1, 0.15) is 10.4 Å². The summed E-state index contributed by atoms with van der Waals surface area (Å²) in [4.78, 5) is 25.7. The van der Waals surface area contributed by atoms with Crippen LogP contribution >= 0.6 is 11.6 Å². The molecule has 2 aromatic rings. The maximum atomic E-state index is 12.3. The van der Waals surface area contributed by atoms with E-state index in [0.29, 0.717) is 37.6 Å². The number of nitrogens with zero attached hydrogens (tertiary/aromatic N) is 4. The minimum absolute atomic E-state index is 0.00713. The lowest BCUT2D eigenvalue weighted by Crippen LogP contribution is -2.40. The first kappa shape index (κ1) is 15.4. The molecule has 0 aliphatic carbocycles. The number of aromatic nitrogens is 3. The fourth-order valence-electron chi connectivity index (χ4n) is 2.20. The van der Waals surface area contributed by atoms with Crippen molar-refractivity contribution in [3.8, 4) is 0 Å². The summed E-state index contributed by atoms with van der Waals surface area (Å²) in [5, 5.41) is 2.97. The molecule has 1 fully saturated rings. The van der Waals surface area contributed by atoms with Gasteiger partial charge in [-0.2, -0.15) is 15.0 Å². The van der Waals surface area contributed by atoms with Crippen LogP contribution in [0.15, 0.2) is 24.3 Å². The van der Waals surface area contributed by atoms with E-state index in [-0.39, 0.29) is 23.1 Å². The fourth-order valence-corrected chi connectivity index (χ4v) is 2.36. The van der Waals surface area contributed by atoms with E-state index in [1.165, 1.54) is 0 Å². The van der Waals surface area contributed by atoms with Crippen LogP contribution in [0.2, 0.25) is 5.28 Å². The number of nitrogen functional groups attached to an aromatic ring is 1. The van der Waals surface area contributed by atoms with E-state index in [2.05, 4.69) is 20.3 Å². The van der Waals surface area contributed by atoms with Gasteiger partial charge in [0.1, 0.15) is 0 Å². The average molecular weight is 335 g/mol. The smallest absolute Gasteiger partial charge is 0.254 e. The van der Waals surface area contributed by atoms with E-state index in [1.807, 2.05) is 0 Å². The van der Waals surface area contributed by atoms with Crippen molar-refractivity contribution in [2.24, 2.45) is 0 Å². The van der Waals surface area contributed by atoms with Crippen molar-refractivity contribution >= 4 is 35.1 Å². The molecule has 23 heavy (non-hydrogen) atoms. The summed E-state index contributed by atoms with van der Waals surface area (Å²) >= 11 is 5.73. The molecular formula is C14H15ClN6O2. The van der Waals surface area contributed by atoms with Crippen molar-refractivity contribution in [2.75, 3.05) is 37.4 Å². The molecule has 120 valence electrons. The van der Waals surface area contributed by atoms with Crippen molar-refractivity contribution < 1.29 is 9.53 Å². The zero-order chi connectivity index (χ0) is 16.2. The number of nitrogens with two attached hydrogens (primary N) is 1. The highest BCUT2D eigenvalue weighted by Crippen LogP contribution is 2.17. The third-order valence-electron chi connectivity index (χ3n) is 3.31. The van der Waals surface area contributed by atoms with Gasteiger partial charge in [0.15, 0.2) is 0 Å². The minimum atomic E-state index is -0.00713. The van der Waals surface area contributed by atoms with Gasteiger partial charge in [-0.3, -0.25) is 4.79 Å². The molecule has 1 amide bonds. The van der Waals surface area contributed by atoms with Crippen LogP contribution in [0.5, 0.6) is 0 Å². The number of anilines is 3. The Morgan fingerprint density at radius 3 is 2.52 bits per heavy atom. The number of halogens is 1. The molecule has 0 radical (unpaired) electrons. The molecule has 0 unspecified atom stereocenters. The van der Waals surface area contributed by atoms with Gasteiger partial charge in [0, 0.05) is 24.3 Å². The lowest BCUT2D eigenvalue weighted by Gasteiger charge is -2.26. The number of nitrogens with one attached hydrogen (secondary N) is 1. The zero-order valence-corrected chi connectivity index (χ0v) is 13.0. The maximum absolute atomic E-state index is 12.3. The monoisotopic (exact) mass is 334 g/mol. The van der Waals surface area contributed by atoms with Crippen molar-refractivity contribution in [2.45, 2.75) is 0 Å². The first-order chi connectivity index (χ1) is 11.1. The van der Waals surface area contributed by atoms with Gasteiger partial charge in [0.2, 0.25) is 17.2 Å². The Labute approximate surface area is 137 Å². The molecule has 0 bridgehead atoms. The fraction of sp³-hybridized carbons (Fsp3) is 0.286. The highest BCUT2D eigenvalue weighted by molar-refractivity contribution is 6.28. The van der Waals surface area contributed by atoms with E-state index in [4.69, 9.17) is 22.1 Å². The summed E-state index contributed by atoms with van der Waals surface area (Å²) in [5.41, 5.74) is 6.84. The second-order valence-corrected chi connectivity index (χ2v) is 5.23. The molecule has 1 aliphatic heterocycles. The molecule has 0 saturated carbocycles. The summed E-state index contributed by atoms with van der Waals surface area (Å²) in [5.74, 6) is 0.272. The SMILES string of the molecule is Nc1nc(Cl)nc(Nc2ccc(C(=O)N3CCOCC3)cc2)n1. The van der Waals surface area contributed by atoms with Gasteiger partial charge in [-0.15, -0.1) is 0 Å². The Bertz CT molecular complexity index is 683. The van der Waals surface area contributed by atoms with Crippen LogP contribution in [-0.4, -0.2) is 52.1 Å². The normalized spacial score (nSPS) is 14.6. The van der Waals surface area contributed by atoms with Gasteiger partial charge in [-0.1, -0.05) is 0 Å². The summed E-state index contributed by atoms with van der Waals surface area (Å²) in [6.45, 7) is 2.38. The summed E-state index contributed by atoms with van der Waals surface area (Å²) in [6.07, 6.45) is 0. The van der Waals surface area contributed by atoms with Crippen molar-refractivity contribution in [3.05, 3.63) is 35.1 Å². The number of benzene rings is 1. The topological polar surface area (TPSA) is 106 Å².